The third kappa shape index (κ3) is 8.92. The average molecular weight is 307 g/mol. The molecule has 0 atom stereocenters. The van der Waals surface area contributed by atoms with Crippen molar-refractivity contribution in [3.8, 4) is 5.75 Å². The van der Waals surface area contributed by atoms with E-state index in [0.29, 0.717) is 0 Å². The summed E-state index contributed by atoms with van der Waals surface area (Å²) >= 11 is 0. The SMILES string of the molecule is C.C.CC=Cc1cc(CCCCCCCCC)ccc1OC. The topological polar surface area (TPSA) is 9.23 Å². The Bertz CT molecular complexity index is 393. The Morgan fingerprint density at radius 3 is 2.18 bits per heavy atom. The molecule has 1 aromatic rings. The molecular weight excluding hydrogens is 268 g/mol. The smallest absolute Gasteiger partial charge is 0.126 e. The van der Waals surface area contributed by atoms with E-state index in [2.05, 4.69) is 37.3 Å². The number of hydrogen-bond acceptors (Lipinski definition) is 1. The standard InChI is InChI=1S/C19H30O.2CH4/c1-4-6-7-8-9-10-11-13-17-14-15-19(20-3)18(16-17)12-5-2;;/h5,12,14-16H,4,6-11,13H2,1-3H3;2*1H4. The van der Waals surface area contributed by atoms with Crippen LogP contribution >= 0.6 is 0 Å². The van der Waals surface area contributed by atoms with Gasteiger partial charge in [-0.1, -0.05) is 78.5 Å². The van der Waals surface area contributed by atoms with Crippen molar-refractivity contribution in [3.63, 3.8) is 0 Å². The maximum absolute atomic E-state index is 5.38. The van der Waals surface area contributed by atoms with Crippen LogP contribution in [0.2, 0.25) is 0 Å². The summed E-state index contributed by atoms with van der Waals surface area (Å²) in [4.78, 5) is 0. The predicted molar refractivity (Wildman–Crippen MR) is 103 cm³/mol. The fourth-order valence-corrected chi connectivity index (χ4v) is 2.54. The number of rotatable bonds is 10. The van der Waals surface area contributed by atoms with Crippen LogP contribution in [-0.4, -0.2) is 7.11 Å². The van der Waals surface area contributed by atoms with Gasteiger partial charge in [-0.15, -0.1) is 0 Å². The number of ether oxygens (including phenoxy) is 1. The number of allylic oxidation sites excluding steroid dienone is 1. The molecule has 0 radical (unpaired) electrons. The van der Waals surface area contributed by atoms with Crippen LogP contribution < -0.4 is 4.74 Å². The summed E-state index contributed by atoms with van der Waals surface area (Å²) in [5.74, 6) is 0.964. The second kappa shape index (κ2) is 14.7. The number of aryl methyl sites for hydroxylation is 1. The summed E-state index contributed by atoms with van der Waals surface area (Å²) in [6, 6.07) is 6.55. The Morgan fingerprint density at radius 1 is 0.955 bits per heavy atom. The highest BCUT2D eigenvalue weighted by Crippen LogP contribution is 2.22. The van der Waals surface area contributed by atoms with Crippen molar-refractivity contribution in [3.05, 3.63) is 35.4 Å². The number of benzene rings is 1. The van der Waals surface area contributed by atoms with Crippen LogP contribution in [0.4, 0.5) is 0 Å². The molecule has 0 fully saturated rings. The summed E-state index contributed by atoms with van der Waals surface area (Å²) in [5, 5.41) is 0. The molecule has 128 valence electrons. The average Bonchev–Trinajstić information content (AvgIpc) is 2.47. The van der Waals surface area contributed by atoms with Crippen molar-refractivity contribution in [2.45, 2.75) is 80.1 Å². The van der Waals surface area contributed by atoms with E-state index in [1.807, 2.05) is 6.92 Å². The lowest BCUT2D eigenvalue weighted by Gasteiger charge is -2.08. The molecule has 1 rings (SSSR count). The molecule has 1 nitrogen and oxygen atoms in total. The molecule has 1 heteroatoms. The van der Waals surface area contributed by atoms with Crippen LogP contribution in [0, 0.1) is 0 Å². The third-order valence-corrected chi connectivity index (χ3v) is 3.71. The lowest BCUT2D eigenvalue weighted by atomic mass is 10.0. The van der Waals surface area contributed by atoms with Crippen LogP contribution in [0.3, 0.4) is 0 Å². The lowest BCUT2D eigenvalue weighted by Crippen LogP contribution is -1.91. The van der Waals surface area contributed by atoms with Gasteiger partial charge in [0, 0.05) is 5.56 Å². The summed E-state index contributed by atoms with van der Waals surface area (Å²) in [6.07, 6.45) is 14.9. The van der Waals surface area contributed by atoms with Crippen molar-refractivity contribution >= 4 is 6.08 Å². The number of hydrogen-bond donors (Lipinski definition) is 0. The summed E-state index contributed by atoms with van der Waals surface area (Å²) in [7, 11) is 1.73. The molecule has 0 saturated heterocycles. The molecule has 1 aromatic carbocycles. The van der Waals surface area contributed by atoms with E-state index >= 15 is 0 Å². The largest absolute Gasteiger partial charge is 0.496 e. The van der Waals surface area contributed by atoms with Crippen molar-refractivity contribution in [1.29, 1.82) is 0 Å². The molecule has 0 aliphatic rings. The van der Waals surface area contributed by atoms with Crippen LogP contribution in [0.1, 0.15) is 84.8 Å². The zero-order chi connectivity index (χ0) is 14.6. The quantitative estimate of drug-likeness (QED) is 0.412. The number of methoxy groups -OCH3 is 1. The highest BCUT2D eigenvalue weighted by atomic mass is 16.5. The highest BCUT2D eigenvalue weighted by molar-refractivity contribution is 5.58. The van der Waals surface area contributed by atoms with Gasteiger partial charge in [-0.25, -0.2) is 0 Å². The zero-order valence-electron chi connectivity index (χ0n) is 13.5. The highest BCUT2D eigenvalue weighted by Gasteiger charge is 2.01. The van der Waals surface area contributed by atoms with E-state index < -0.39 is 0 Å². The van der Waals surface area contributed by atoms with Gasteiger partial charge in [0.05, 0.1) is 7.11 Å². The molecule has 0 bridgehead atoms. The van der Waals surface area contributed by atoms with Crippen molar-refractivity contribution < 1.29 is 4.74 Å². The monoisotopic (exact) mass is 306 g/mol. The van der Waals surface area contributed by atoms with Crippen molar-refractivity contribution in [2.24, 2.45) is 0 Å². The fraction of sp³-hybridized carbons (Fsp3) is 0.619. The van der Waals surface area contributed by atoms with E-state index in [-0.39, 0.29) is 14.9 Å². The molecule has 0 saturated carbocycles. The van der Waals surface area contributed by atoms with Crippen LogP contribution in [0.15, 0.2) is 24.3 Å². The van der Waals surface area contributed by atoms with Gasteiger partial charge in [-0.2, -0.15) is 0 Å². The van der Waals surface area contributed by atoms with Crippen molar-refractivity contribution in [1.82, 2.24) is 0 Å². The minimum absolute atomic E-state index is 0. The first kappa shape index (κ1) is 23.0. The van der Waals surface area contributed by atoms with Gasteiger partial charge in [0.25, 0.3) is 0 Å². The van der Waals surface area contributed by atoms with E-state index in [9.17, 15) is 0 Å². The Balaban J connectivity index is 0. The second-order valence-corrected chi connectivity index (χ2v) is 5.45. The molecular formula is C21H38O. The Morgan fingerprint density at radius 2 is 1.59 bits per heavy atom. The molecule has 0 aromatic heterocycles. The second-order valence-electron chi connectivity index (χ2n) is 5.45. The van der Waals surface area contributed by atoms with Gasteiger partial charge in [-0.3, -0.25) is 0 Å². The lowest BCUT2D eigenvalue weighted by molar-refractivity contribution is 0.413. The Kier molecular flexibility index (Phi) is 15.4. The molecule has 0 heterocycles. The normalized spacial score (nSPS) is 10.1. The van der Waals surface area contributed by atoms with Crippen LogP contribution in [0.5, 0.6) is 5.75 Å². The molecule has 0 spiro atoms. The minimum Gasteiger partial charge on any atom is -0.496 e. The fourth-order valence-electron chi connectivity index (χ4n) is 2.54. The van der Waals surface area contributed by atoms with E-state index in [4.69, 9.17) is 4.74 Å². The Hall–Kier alpha value is -1.24. The van der Waals surface area contributed by atoms with Gasteiger partial charge < -0.3 is 4.74 Å². The molecule has 0 aliphatic heterocycles. The van der Waals surface area contributed by atoms with Crippen molar-refractivity contribution in [2.75, 3.05) is 7.11 Å². The predicted octanol–water partition coefficient (Wildman–Crippen LogP) is 7.29. The van der Waals surface area contributed by atoms with Gasteiger partial charge in [0.15, 0.2) is 0 Å². The van der Waals surface area contributed by atoms with Gasteiger partial charge in [0.2, 0.25) is 0 Å². The summed E-state index contributed by atoms with van der Waals surface area (Å²) < 4.78 is 5.38. The van der Waals surface area contributed by atoms with Gasteiger partial charge in [-0.05, 0) is 37.5 Å². The van der Waals surface area contributed by atoms with E-state index in [1.165, 1.54) is 62.5 Å². The maximum Gasteiger partial charge on any atom is 0.126 e. The van der Waals surface area contributed by atoms with E-state index in [0.717, 1.165) is 5.75 Å². The molecule has 0 N–H and O–H groups in total. The molecule has 22 heavy (non-hydrogen) atoms. The van der Waals surface area contributed by atoms with E-state index in [1.54, 1.807) is 7.11 Å². The first-order valence-corrected chi connectivity index (χ1v) is 8.11. The summed E-state index contributed by atoms with van der Waals surface area (Å²) in [6.45, 7) is 4.31. The molecule has 0 aliphatic carbocycles. The van der Waals surface area contributed by atoms with Crippen LogP contribution in [-0.2, 0) is 6.42 Å². The Labute approximate surface area is 139 Å². The first-order valence-electron chi connectivity index (χ1n) is 8.11. The molecule has 0 amide bonds. The third-order valence-electron chi connectivity index (χ3n) is 3.71. The zero-order valence-corrected chi connectivity index (χ0v) is 13.5. The maximum atomic E-state index is 5.38. The molecule has 0 unspecified atom stereocenters. The van der Waals surface area contributed by atoms with Gasteiger partial charge in [0.1, 0.15) is 5.75 Å². The first-order chi connectivity index (χ1) is 9.81. The van der Waals surface area contributed by atoms with Crippen LogP contribution in [0.25, 0.3) is 6.08 Å². The van der Waals surface area contributed by atoms with Gasteiger partial charge >= 0.3 is 0 Å². The number of unbranched alkanes of at least 4 members (excludes halogenated alkanes) is 6. The summed E-state index contributed by atoms with van der Waals surface area (Å²) in [5.41, 5.74) is 2.61. The minimum atomic E-state index is 0.